The van der Waals surface area contributed by atoms with Crippen LogP contribution in [0, 0.1) is 18.2 Å². The maximum absolute atomic E-state index is 14.6. The molecule has 0 aliphatic carbocycles. The first kappa shape index (κ1) is 22.6. The van der Waals surface area contributed by atoms with Crippen LogP contribution in [0.1, 0.15) is 41.8 Å². The standard InChI is InChI=1S/C25H20FN5O3S/c1-2-22-29-21(14-35-22)25(34)31-10-8-30(9-11-31)24(33)17-12-15(6-7-19(17)26)28-20-5-3-4-16-18(20)13-27-23(16)32/h1,3-7,12,14,28H,8-11,13H2,(H,27,32). The predicted octanol–water partition coefficient (Wildman–Crippen LogP) is 2.85. The average Bonchev–Trinajstić information content (AvgIpc) is 3.52. The second-order valence-corrected chi connectivity index (χ2v) is 8.96. The number of thiazole rings is 1. The van der Waals surface area contributed by atoms with E-state index in [2.05, 4.69) is 21.5 Å². The first-order valence-electron chi connectivity index (χ1n) is 10.9. The van der Waals surface area contributed by atoms with Gasteiger partial charge in [-0.1, -0.05) is 6.07 Å². The quantitative estimate of drug-likeness (QED) is 0.550. The average molecular weight is 490 g/mol. The van der Waals surface area contributed by atoms with E-state index in [0.717, 1.165) is 5.56 Å². The fourth-order valence-electron chi connectivity index (χ4n) is 4.18. The number of piperazine rings is 1. The molecule has 35 heavy (non-hydrogen) atoms. The van der Waals surface area contributed by atoms with Crippen molar-refractivity contribution in [3.8, 4) is 12.3 Å². The molecule has 0 radical (unpaired) electrons. The number of benzene rings is 2. The SMILES string of the molecule is C#Cc1nc(C(=O)N2CCN(C(=O)c3cc(Nc4cccc5c4CNC5=O)ccc3F)CC2)cs1. The number of carbonyl (C=O) groups excluding carboxylic acids is 3. The van der Waals surface area contributed by atoms with Gasteiger partial charge in [-0.25, -0.2) is 9.37 Å². The van der Waals surface area contributed by atoms with E-state index in [0.29, 0.717) is 41.6 Å². The number of nitrogens with zero attached hydrogens (tertiary/aromatic N) is 3. The Labute approximate surface area is 204 Å². The van der Waals surface area contributed by atoms with E-state index in [4.69, 9.17) is 6.42 Å². The van der Waals surface area contributed by atoms with Gasteiger partial charge in [0.05, 0.1) is 5.56 Å². The number of hydrogen-bond acceptors (Lipinski definition) is 6. The second kappa shape index (κ2) is 9.19. The molecule has 8 nitrogen and oxygen atoms in total. The Kier molecular flexibility index (Phi) is 5.93. The van der Waals surface area contributed by atoms with Crippen molar-refractivity contribution < 1.29 is 18.8 Å². The Hall–Kier alpha value is -4.23. The van der Waals surface area contributed by atoms with Gasteiger partial charge in [-0.15, -0.1) is 17.8 Å². The minimum absolute atomic E-state index is 0.0604. The topological polar surface area (TPSA) is 94.6 Å². The third-order valence-corrected chi connectivity index (χ3v) is 6.80. The molecule has 0 saturated carbocycles. The summed E-state index contributed by atoms with van der Waals surface area (Å²) in [4.78, 5) is 44.9. The van der Waals surface area contributed by atoms with Gasteiger partial charge in [0.15, 0.2) is 5.01 Å². The number of carbonyl (C=O) groups is 3. The normalized spacial score (nSPS) is 14.8. The molecule has 176 valence electrons. The van der Waals surface area contributed by atoms with Crippen molar-refractivity contribution in [1.29, 1.82) is 0 Å². The fraction of sp³-hybridized carbons (Fsp3) is 0.200. The lowest BCUT2D eigenvalue weighted by atomic mass is 10.1. The van der Waals surface area contributed by atoms with Gasteiger partial charge in [0.25, 0.3) is 17.7 Å². The van der Waals surface area contributed by atoms with Gasteiger partial charge >= 0.3 is 0 Å². The Morgan fingerprint density at radius 3 is 2.57 bits per heavy atom. The molecular weight excluding hydrogens is 469 g/mol. The third kappa shape index (κ3) is 4.34. The smallest absolute Gasteiger partial charge is 0.273 e. The maximum Gasteiger partial charge on any atom is 0.273 e. The van der Waals surface area contributed by atoms with Gasteiger partial charge in [0.2, 0.25) is 0 Å². The largest absolute Gasteiger partial charge is 0.355 e. The molecule has 0 unspecified atom stereocenters. The number of amides is 3. The zero-order valence-electron chi connectivity index (χ0n) is 18.5. The molecule has 0 spiro atoms. The van der Waals surface area contributed by atoms with E-state index >= 15 is 0 Å². The summed E-state index contributed by atoms with van der Waals surface area (Å²) in [5.74, 6) is 0.959. The van der Waals surface area contributed by atoms with Crippen LogP contribution in [-0.2, 0) is 6.54 Å². The highest BCUT2D eigenvalue weighted by Crippen LogP contribution is 2.28. The lowest BCUT2D eigenvalue weighted by Crippen LogP contribution is -2.50. The van der Waals surface area contributed by atoms with Crippen LogP contribution >= 0.6 is 11.3 Å². The van der Waals surface area contributed by atoms with Gasteiger partial charge < -0.3 is 20.4 Å². The second-order valence-electron chi connectivity index (χ2n) is 8.10. The molecule has 0 bridgehead atoms. The maximum atomic E-state index is 14.6. The first-order chi connectivity index (χ1) is 16.9. The van der Waals surface area contributed by atoms with E-state index in [1.165, 1.54) is 28.4 Å². The van der Waals surface area contributed by atoms with E-state index in [1.807, 2.05) is 6.07 Å². The Morgan fingerprint density at radius 1 is 1.11 bits per heavy atom. The van der Waals surface area contributed by atoms with Crippen LogP contribution in [0.25, 0.3) is 0 Å². The number of fused-ring (bicyclic) bond motifs is 1. The van der Waals surface area contributed by atoms with E-state index in [-0.39, 0.29) is 36.2 Å². The van der Waals surface area contributed by atoms with Crippen molar-refractivity contribution in [3.63, 3.8) is 0 Å². The van der Waals surface area contributed by atoms with Gasteiger partial charge in [-0.3, -0.25) is 14.4 Å². The van der Waals surface area contributed by atoms with Crippen LogP contribution in [0.5, 0.6) is 0 Å². The first-order valence-corrected chi connectivity index (χ1v) is 11.8. The lowest BCUT2D eigenvalue weighted by molar-refractivity contribution is 0.0530. The molecular formula is C25H20FN5O3S. The number of aromatic nitrogens is 1. The van der Waals surface area contributed by atoms with Crippen LogP contribution in [0.15, 0.2) is 41.8 Å². The van der Waals surface area contributed by atoms with Crippen molar-refractivity contribution >= 4 is 40.4 Å². The predicted molar refractivity (Wildman–Crippen MR) is 129 cm³/mol. The molecule has 2 N–H and O–H groups in total. The molecule has 3 amide bonds. The Bertz CT molecular complexity index is 1390. The molecule has 2 aromatic carbocycles. The number of hydrogen-bond donors (Lipinski definition) is 2. The van der Waals surface area contributed by atoms with Gasteiger partial charge in [-0.05, 0) is 36.3 Å². The molecule has 3 aromatic rings. The zero-order valence-corrected chi connectivity index (χ0v) is 19.3. The molecule has 1 fully saturated rings. The number of anilines is 2. The zero-order chi connectivity index (χ0) is 24.5. The summed E-state index contributed by atoms with van der Waals surface area (Å²) in [6, 6.07) is 9.60. The van der Waals surface area contributed by atoms with Crippen LogP contribution in [0.2, 0.25) is 0 Å². The minimum atomic E-state index is -0.626. The summed E-state index contributed by atoms with van der Waals surface area (Å²) in [6.45, 7) is 1.56. The summed E-state index contributed by atoms with van der Waals surface area (Å²) < 4.78 is 14.6. The summed E-state index contributed by atoms with van der Waals surface area (Å²) in [5.41, 5.74) is 2.89. The summed E-state index contributed by atoms with van der Waals surface area (Å²) >= 11 is 1.23. The van der Waals surface area contributed by atoms with E-state index in [9.17, 15) is 18.8 Å². The Balaban J connectivity index is 1.27. The highest BCUT2D eigenvalue weighted by molar-refractivity contribution is 7.10. The molecule has 10 heteroatoms. The van der Waals surface area contributed by atoms with Crippen molar-refractivity contribution in [2.75, 3.05) is 31.5 Å². The number of halogens is 1. The van der Waals surface area contributed by atoms with Crippen LogP contribution < -0.4 is 10.6 Å². The molecule has 2 aliphatic heterocycles. The fourth-order valence-corrected chi connectivity index (χ4v) is 4.77. The molecule has 3 heterocycles. The number of rotatable bonds is 4. The molecule has 5 rings (SSSR count). The number of nitrogens with one attached hydrogen (secondary N) is 2. The van der Waals surface area contributed by atoms with Crippen molar-refractivity contribution in [2.24, 2.45) is 0 Å². The van der Waals surface area contributed by atoms with Crippen molar-refractivity contribution in [1.82, 2.24) is 20.1 Å². The lowest BCUT2D eigenvalue weighted by Gasteiger charge is -2.34. The monoisotopic (exact) mass is 489 g/mol. The van der Waals surface area contributed by atoms with E-state index < -0.39 is 11.7 Å². The van der Waals surface area contributed by atoms with Crippen LogP contribution in [-0.4, -0.2) is 58.7 Å². The Morgan fingerprint density at radius 2 is 1.86 bits per heavy atom. The summed E-state index contributed by atoms with van der Waals surface area (Å²) in [5, 5.41) is 8.04. The highest BCUT2D eigenvalue weighted by Gasteiger charge is 2.28. The summed E-state index contributed by atoms with van der Waals surface area (Å²) in [6.07, 6.45) is 5.32. The molecule has 1 saturated heterocycles. The van der Waals surface area contributed by atoms with Crippen LogP contribution in [0.4, 0.5) is 15.8 Å². The summed E-state index contributed by atoms with van der Waals surface area (Å²) in [7, 11) is 0. The van der Waals surface area contributed by atoms with Gasteiger partial charge in [0, 0.05) is 60.6 Å². The van der Waals surface area contributed by atoms with Gasteiger partial charge in [0.1, 0.15) is 11.5 Å². The molecule has 1 aromatic heterocycles. The van der Waals surface area contributed by atoms with Gasteiger partial charge in [-0.2, -0.15) is 0 Å². The molecule has 2 aliphatic rings. The number of terminal acetylenes is 1. The third-order valence-electron chi connectivity index (χ3n) is 6.02. The highest BCUT2D eigenvalue weighted by atomic mass is 32.1. The molecule has 0 atom stereocenters. The van der Waals surface area contributed by atoms with E-state index in [1.54, 1.807) is 28.5 Å². The van der Waals surface area contributed by atoms with Crippen LogP contribution in [0.3, 0.4) is 0 Å². The minimum Gasteiger partial charge on any atom is -0.355 e. The van der Waals surface area contributed by atoms with Crippen molar-refractivity contribution in [2.45, 2.75) is 6.54 Å². The van der Waals surface area contributed by atoms with Crippen molar-refractivity contribution in [3.05, 3.63) is 75.0 Å².